The lowest BCUT2D eigenvalue weighted by Gasteiger charge is -2.60. The van der Waals surface area contributed by atoms with Crippen LogP contribution in [0.1, 0.15) is 30.4 Å². The van der Waals surface area contributed by atoms with Gasteiger partial charge in [0.15, 0.2) is 11.5 Å². The molecule has 2 bridgehead atoms. The lowest BCUT2D eigenvalue weighted by atomic mass is 9.52. The number of aliphatic hydroxyl groups is 1. The fraction of sp³-hybridized carbons (Fsp3) is 0.619. The van der Waals surface area contributed by atoms with Gasteiger partial charge in [0.1, 0.15) is 18.2 Å². The number of quaternary nitrogens is 1. The van der Waals surface area contributed by atoms with E-state index in [0.717, 1.165) is 49.1 Å². The van der Waals surface area contributed by atoms with Gasteiger partial charge in [-0.05, 0) is 24.5 Å². The summed E-state index contributed by atoms with van der Waals surface area (Å²) >= 11 is 5.92. The highest BCUT2D eigenvalue weighted by molar-refractivity contribution is 6.17. The van der Waals surface area contributed by atoms with Gasteiger partial charge < -0.3 is 19.4 Å². The molecule has 2 aliphatic carbocycles. The standard InChI is InChI=1S/C21H26ClNO3/c1-23(10-3-2-9-22)11-8-21-14-5-7-17(25)20(21)26-19-16(24)6-4-13(18(19)21)12-15(14)23/h4-7,14-15,17,20,25H,2-3,8-12H2,1H3/p+1/t14-,15+,17-,20-,21-,23?/m0/s1. The first-order valence-electron chi connectivity index (χ1n) is 9.80. The van der Waals surface area contributed by atoms with Gasteiger partial charge in [-0.15, -0.1) is 11.6 Å². The normalized spacial score (nSPS) is 41.7. The average Bonchev–Trinajstić information content (AvgIpc) is 2.98. The van der Waals surface area contributed by atoms with Gasteiger partial charge >= 0.3 is 0 Å². The van der Waals surface area contributed by atoms with Crippen LogP contribution in [0.2, 0.25) is 0 Å². The lowest BCUT2D eigenvalue weighted by Crippen LogP contribution is -2.71. The monoisotopic (exact) mass is 376 g/mol. The number of phenolic OH excluding ortho intramolecular Hbond substituents is 1. The van der Waals surface area contributed by atoms with Crippen molar-refractivity contribution in [3.8, 4) is 11.5 Å². The van der Waals surface area contributed by atoms with Gasteiger partial charge in [0.05, 0.1) is 25.6 Å². The van der Waals surface area contributed by atoms with Crippen molar-refractivity contribution in [1.29, 1.82) is 0 Å². The van der Waals surface area contributed by atoms with Crippen molar-refractivity contribution >= 4 is 11.6 Å². The molecular weight excluding hydrogens is 350 g/mol. The van der Waals surface area contributed by atoms with E-state index in [4.69, 9.17) is 16.3 Å². The summed E-state index contributed by atoms with van der Waals surface area (Å²) in [6.07, 6.45) is 7.47. The minimum atomic E-state index is -0.613. The second-order valence-corrected chi connectivity index (χ2v) is 9.15. The Hall–Kier alpha value is -1.23. The Balaban J connectivity index is 1.64. The van der Waals surface area contributed by atoms with Gasteiger partial charge in [0.25, 0.3) is 0 Å². The molecule has 0 aromatic heterocycles. The van der Waals surface area contributed by atoms with Crippen molar-refractivity contribution in [1.82, 2.24) is 0 Å². The number of hydrogen-bond donors (Lipinski definition) is 2. The van der Waals surface area contributed by atoms with Crippen LogP contribution in [0.5, 0.6) is 11.5 Å². The lowest BCUT2D eigenvalue weighted by molar-refractivity contribution is -0.944. The zero-order chi connectivity index (χ0) is 18.1. The van der Waals surface area contributed by atoms with Crippen LogP contribution in [0.15, 0.2) is 24.3 Å². The predicted molar refractivity (Wildman–Crippen MR) is 101 cm³/mol. The van der Waals surface area contributed by atoms with E-state index in [1.807, 2.05) is 6.08 Å². The van der Waals surface area contributed by atoms with E-state index in [0.29, 0.717) is 17.7 Å². The van der Waals surface area contributed by atoms with Crippen LogP contribution < -0.4 is 4.74 Å². The molecule has 140 valence electrons. The maximum absolute atomic E-state index is 10.7. The highest BCUT2D eigenvalue weighted by Gasteiger charge is 2.67. The van der Waals surface area contributed by atoms with E-state index < -0.39 is 6.10 Å². The molecule has 1 fully saturated rings. The molecule has 2 N–H and O–H groups in total. The Labute approximate surface area is 159 Å². The number of ether oxygens (including phenoxy) is 1. The number of rotatable bonds is 4. The summed E-state index contributed by atoms with van der Waals surface area (Å²) in [5.74, 6) is 1.91. The SMILES string of the molecule is C[N+]1(CCCCCl)CC[C@]23c4c5ccc(O)c4O[C@H]2[C@@H](O)C=C[C@H]3[C@H]1C5. The van der Waals surface area contributed by atoms with Gasteiger partial charge in [0.2, 0.25) is 0 Å². The van der Waals surface area contributed by atoms with Crippen molar-refractivity contribution < 1.29 is 19.4 Å². The minimum absolute atomic E-state index is 0.190. The third kappa shape index (κ3) is 1.98. The van der Waals surface area contributed by atoms with Crippen LogP contribution in [0.4, 0.5) is 0 Å². The molecule has 1 unspecified atom stereocenters. The second-order valence-electron chi connectivity index (χ2n) is 8.77. The van der Waals surface area contributed by atoms with Crippen molar-refractivity contribution in [3.05, 3.63) is 35.4 Å². The molecule has 2 aliphatic heterocycles. The number of nitrogens with zero attached hydrogens (tertiary/aromatic N) is 1. The molecule has 1 aromatic rings. The first-order valence-corrected chi connectivity index (χ1v) is 10.3. The maximum Gasteiger partial charge on any atom is 0.165 e. The predicted octanol–water partition coefficient (Wildman–Crippen LogP) is 2.73. The average molecular weight is 377 g/mol. The van der Waals surface area contributed by atoms with Gasteiger partial charge in [-0.2, -0.15) is 0 Å². The molecule has 5 rings (SSSR count). The van der Waals surface area contributed by atoms with Gasteiger partial charge in [-0.25, -0.2) is 0 Å². The van der Waals surface area contributed by atoms with E-state index in [-0.39, 0.29) is 17.3 Å². The summed E-state index contributed by atoms with van der Waals surface area (Å²) in [7, 11) is 2.39. The molecule has 1 spiro atoms. The van der Waals surface area contributed by atoms with Gasteiger partial charge in [-0.3, -0.25) is 0 Å². The Morgan fingerprint density at radius 3 is 2.96 bits per heavy atom. The van der Waals surface area contributed by atoms with Crippen molar-refractivity contribution in [2.75, 3.05) is 26.0 Å². The first kappa shape index (κ1) is 16.9. The number of piperidine rings is 1. The molecule has 4 aliphatic rings. The molecule has 1 saturated heterocycles. The number of alkyl halides is 1. The van der Waals surface area contributed by atoms with Crippen LogP contribution in [0, 0.1) is 5.92 Å². The molecule has 0 saturated carbocycles. The van der Waals surface area contributed by atoms with Crippen LogP contribution >= 0.6 is 11.6 Å². The molecule has 2 heterocycles. The fourth-order valence-electron chi connectivity index (χ4n) is 6.34. The highest BCUT2D eigenvalue weighted by Crippen LogP contribution is 2.63. The molecule has 4 nitrogen and oxygen atoms in total. The maximum atomic E-state index is 10.7. The zero-order valence-electron chi connectivity index (χ0n) is 15.2. The summed E-state index contributed by atoms with van der Waals surface area (Å²) in [5.41, 5.74) is 2.29. The van der Waals surface area contributed by atoms with Crippen molar-refractivity contribution in [2.45, 2.75) is 49.3 Å². The number of hydrogen-bond acceptors (Lipinski definition) is 3. The largest absolute Gasteiger partial charge is 0.504 e. The smallest absolute Gasteiger partial charge is 0.165 e. The molecule has 0 radical (unpaired) electrons. The van der Waals surface area contributed by atoms with Crippen LogP contribution in [-0.4, -0.2) is 59.0 Å². The van der Waals surface area contributed by atoms with Crippen LogP contribution in [0.25, 0.3) is 0 Å². The van der Waals surface area contributed by atoms with Gasteiger partial charge in [-0.1, -0.05) is 18.2 Å². The number of unbranched alkanes of at least 4 members (excludes halogenated alkanes) is 1. The zero-order valence-corrected chi connectivity index (χ0v) is 16.0. The molecule has 6 atom stereocenters. The van der Waals surface area contributed by atoms with Crippen LogP contribution in [0.3, 0.4) is 0 Å². The number of benzene rings is 1. The Morgan fingerprint density at radius 1 is 1.31 bits per heavy atom. The molecular formula is C21H27ClNO3+. The van der Waals surface area contributed by atoms with Gasteiger partial charge in [0, 0.05) is 30.2 Å². The Morgan fingerprint density at radius 2 is 2.15 bits per heavy atom. The molecule has 0 amide bonds. The van der Waals surface area contributed by atoms with Crippen molar-refractivity contribution in [3.63, 3.8) is 0 Å². The van der Waals surface area contributed by atoms with Crippen molar-refractivity contribution in [2.24, 2.45) is 5.92 Å². The molecule has 5 heteroatoms. The third-order valence-electron chi connectivity index (χ3n) is 7.59. The number of halogens is 1. The molecule has 26 heavy (non-hydrogen) atoms. The number of aromatic hydroxyl groups is 1. The molecule has 1 aromatic carbocycles. The van der Waals surface area contributed by atoms with Crippen LogP contribution in [-0.2, 0) is 11.8 Å². The summed E-state index contributed by atoms with van der Waals surface area (Å²) in [4.78, 5) is 0. The summed E-state index contributed by atoms with van der Waals surface area (Å²) < 4.78 is 7.27. The van der Waals surface area contributed by atoms with E-state index in [2.05, 4.69) is 19.2 Å². The fourth-order valence-corrected chi connectivity index (χ4v) is 6.53. The quantitative estimate of drug-likeness (QED) is 0.367. The van der Waals surface area contributed by atoms with E-state index in [1.54, 1.807) is 6.07 Å². The van der Waals surface area contributed by atoms with E-state index in [1.165, 1.54) is 11.1 Å². The summed E-state index contributed by atoms with van der Waals surface area (Å²) in [6, 6.07) is 4.32. The van der Waals surface area contributed by atoms with E-state index in [9.17, 15) is 10.2 Å². The van der Waals surface area contributed by atoms with E-state index >= 15 is 0 Å². The highest BCUT2D eigenvalue weighted by atomic mass is 35.5. The Bertz CT molecular complexity index is 781. The topological polar surface area (TPSA) is 49.7 Å². The minimum Gasteiger partial charge on any atom is -0.504 e. The summed E-state index contributed by atoms with van der Waals surface area (Å²) in [5, 5.41) is 21.1. The third-order valence-corrected chi connectivity index (χ3v) is 7.86. The second kappa shape index (κ2) is 5.63. The number of likely N-dealkylation sites (N-methyl/N-ethyl adjacent to an activating group) is 1. The summed E-state index contributed by atoms with van der Waals surface area (Å²) in [6.45, 7) is 2.23. The Kier molecular flexibility index (Phi) is 3.66. The number of likely N-dealkylation sites (tertiary alicyclic amines) is 1. The first-order chi connectivity index (χ1) is 12.5. The number of aliphatic hydroxyl groups excluding tert-OH is 1. The number of phenols is 1.